The molecule has 2 rings (SSSR count). The minimum Gasteiger partial charge on any atom is -0.480 e. The molecule has 9 heteroatoms. The van der Waals surface area contributed by atoms with Gasteiger partial charge in [-0.3, -0.25) is 4.79 Å². The van der Waals surface area contributed by atoms with E-state index in [9.17, 15) is 13.2 Å². The lowest BCUT2D eigenvalue weighted by molar-refractivity contribution is -0.137. The molecule has 5 nitrogen and oxygen atoms in total. The topological polar surface area (TPSA) is 74.7 Å². The van der Waals surface area contributed by atoms with Crippen molar-refractivity contribution in [1.29, 1.82) is 0 Å². The number of hydrogen-bond donors (Lipinski definition) is 1. The Morgan fingerprint density at radius 3 is 2.04 bits per heavy atom. The first-order chi connectivity index (χ1) is 11.2. The third-order valence-corrected chi connectivity index (χ3v) is 5.93. The Bertz CT molecular complexity index is 833. The molecule has 128 valence electrons. The van der Waals surface area contributed by atoms with Crippen molar-refractivity contribution in [1.82, 2.24) is 4.31 Å². The fourth-order valence-corrected chi connectivity index (χ4v) is 3.99. The van der Waals surface area contributed by atoms with Crippen molar-refractivity contribution >= 4 is 50.8 Å². The number of halogens is 3. The van der Waals surface area contributed by atoms with E-state index in [0.717, 1.165) is 4.31 Å². The van der Waals surface area contributed by atoms with Crippen LogP contribution in [-0.4, -0.2) is 30.3 Å². The van der Waals surface area contributed by atoms with Gasteiger partial charge in [-0.1, -0.05) is 40.9 Å². The number of nitrogens with zero attached hydrogens (tertiary/aromatic N) is 1. The van der Waals surface area contributed by atoms with Crippen molar-refractivity contribution in [2.45, 2.75) is 11.4 Å². The van der Waals surface area contributed by atoms with Crippen LogP contribution in [0.4, 0.5) is 0 Å². The highest BCUT2D eigenvalue weighted by Crippen LogP contribution is 2.28. The summed E-state index contributed by atoms with van der Waals surface area (Å²) in [5.41, 5.74) is 0.333. The molecule has 0 atom stereocenters. The summed E-state index contributed by atoms with van der Waals surface area (Å²) in [6, 6.07) is 10.2. The van der Waals surface area contributed by atoms with Gasteiger partial charge in [0.1, 0.15) is 6.54 Å². The van der Waals surface area contributed by atoms with E-state index in [1.165, 1.54) is 24.3 Å². The molecule has 0 fully saturated rings. The molecular formula is C15H12Cl3NO4S. The second-order valence-electron chi connectivity index (χ2n) is 4.82. The third kappa shape index (κ3) is 4.40. The van der Waals surface area contributed by atoms with Gasteiger partial charge in [0.05, 0.1) is 4.90 Å². The minimum atomic E-state index is -4.07. The Labute approximate surface area is 154 Å². The van der Waals surface area contributed by atoms with Gasteiger partial charge in [-0.25, -0.2) is 8.42 Å². The predicted molar refractivity (Wildman–Crippen MR) is 93.1 cm³/mol. The Kier molecular flexibility index (Phi) is 6.11. The highest BCUT2D eigenvalue weighted by molar-refractivity contribution is 7.89. The van der Waals surface area contributed by atoms with E-state index in [4.69, 9.17) is 39.9 Å². The van der Waals surface area contributed by atoms with Crippen molar-refractivity contribution in [3.8, 4) is 0 Å². The second kappa shape index (κ2) is 7.72. The minimum absolute atomic E-state index is 0.0728. The fraction of sp³-hybridized carbons (Fsp3) is 0.133. The van der Waals surface area contributed by atoms with Crippen LogP contribution in [0.15, 0.2) is 47.4 Å². The van der Waals surface area contributed by atoms with Crippen molar-refractivity contribution in [3.05, 3.63) is 63.1 Å². The van der Waals surface area contributed by atoms with Crippen molar-refractivity contribution in [2.75, 3.05) is 6.54 Å². The molecule has 2 aromatic rings. The summed E-state index contributed by atoms with van der Waals surface area (Å²) in [4.78, 5) is 11.0. The number of benzene rings is 2. The number of rotatable bonds is 6. The summed E-state index contributed by atoms with van der Waals surface area (Å²) in [7, 11) is -4.07. The zero-order valence-corrected chi connectivity index (χ0v) is 15.2. The maximum Gasteiger partial charge on any atom is 0.318 e. The van der Waals surface area contributed by atoms with Gasteiger partial charge in [0.25, 0.3) is 0 Å². The SMILES string of the molecule is O=C(O)CN(Cc1c(Cl)cccc1Cl)S(=O)(=O)c1ccc(Cl)cc1. The van der Waals surface area contributed by atoms with Crippen LogP contribution >= 0.6 is 34.8 Å². The van der Waals surface area contributed by atoms with Crippen LogP contribution in [0.3, 0.4) is 0 Å². The van der Waals surface area contributed by atoms with Crippen LogP contribution in [0.25, 0.3) is 0 Å². The molecule has 0 saturated carbocycles. The van der Waals surface area contributed by atoms with E-state index < -0.39 is 22.5 Å². The number of carbonyl (C=O) groups is 1. The standard InChI is InChI=1S/C15H12Cl3NO4S/c16-10-4-6-11(7-5-10)24(22,23)19(9-15(20)21)8-12-13(17)2-1-3-14(12)18/h1-7H,8-9H2,(H,20,21). The number of carboxylic acid groups (broad SMARTS) is 1. The predicted octanol–water partition coefficient (Wildman–Crippen LogP) is 3.92. The molecule has 0 amide bonds. The van der Waals surface area contributed by atoms with Gasteiger partial charge in [0.15, 0.2) is 0 Å². The van der Waals surface area contributed by atoms with Crippen molar-refractivity contribution in [3.63, 3.8) is 0 Å². The summed E-state index contributed by atoms with van der Waals surface area (Å²) in [5.74, 6) is -1.30. The lowest BCUT2D eigenvalue weighted by Gasteiger charge is -2.21. The van der Waals surface area contributed by atoms with Crippen LogP contribution in [-0.2, 0) is 21.4 Å². The summed E-state index contributed by atoms with van der Waals surface area (Å²) in [5, 5.41) is 9.94. The molecule has 1 N–H and O–H groups in total. The van der Waals surface area contributed by atoms with E-state index in [-0.39, 0.29) is 21.5 Å². The first-order valence-corrected chi connectivity index (χ1v) is 9.19. The van der Waals surface area contributed by atoms with Gasteiger partial charge in [-0.2, -0.15) is 4.31 Å². The lowest BCUT2D eigenvalue weighted by atomic mass is 10.2. The average Bonchev–Trinajstić information content (AvgIpc) is 2.50. The molecule has 0 radical (unpaired) electrons. The van der Waals surface area contributed by atoms with E-state index in [0.29, 0.717) is 10.6 Å². The average molecular weight is 409 g/mol. The number of hydrogen-bond acceptors (Lipinski definition) is 3. The Morgan fingerprint density at radius 1 is 1.00 bits per heavy atom. The smallest absolute Gasteiger partial charge is 0.318 e. The summed E-state index contributed by atoms with van der Waals surface area (Å²) in [6.45, 7) is -0.998. The van der Waals surface area contributed by atoms with Crippen LogP contribution in [0.2, 0.25) is 15.1 Å². The summed E-state index contributed by atoms with van der Waals surface area (Å²) in [6.07, 6.45) is 0. The van der Waals surface area contributed by atoms with Gasteiger partial charge in [-0.05, 0) is 36.4 Å². The zero-order chi connectivity index (χ0) is 17.9. The first kappa shape index (κ1) is 19.0. The second-order valence-corrected chi connectivity index (χ2v) is 8.01. The molecule has 0 aliphatic carbocycles. The Hall–Kier alpha value is -1.31. The highest BCUT2D eigenvalue weighted by atomic mass is 35.5. The van der Waals surface area contributed by atoms with E-state index in [2.05, 4.69) is 0 Å². The van der Waals surface area contributed by atoms with Gasteiger partial charge >= 0.3 is 5.97 Å². The molecule has 0 unspecified atom stereocenters. The van der Waals surface area contributed by atoms with Crippen LogP contribution in [0.1, 0.15) is 5.56 Å². The Morgan fingerprint density at radius 2 is 1.54 bits per heavy atom. The van der Waals surface area contributed by atoms with Crippen molar-refractivity contribution in [2.24, 2.45) is 0 Å². The van der Waals surface area contributed by atoms with Gasteiger partial charge in [0, 0.05) is 27.2 Å². The maximum atomic E-state index is 12.7. The van der Waals surface area contributed by atoms with Crippen LogP contribution < -0.4 is 0 Å². The fourth-order valence-electron chi connectivity index (χ4n) is 1.99. The molecule has 0 aromatic heterocycles. The normalized spacial score (nSPS) is 11.7. The zero-order valence-electron chi connectivity index (χ0n) is 12.1. The van der Waals surface area contributed by atoms with Gasteiger partial charge in [-0.15, -0.1) is 0 Å². The lowest BCUT2D eigenvalue weighted by Crippen LogP contribution is -2.35. The van der Waals surface area contributed by atoms with Crippen LogP contribution in [0.5, 0.6) is 0 Å². The molecule has 24 heavy (non-hydrogen) atoms. The molecule has 0 aliphatic heterocycles. The van der Waals surface area contributed by atoms with E-state index >= 15 is 0 Å². The quantitative estimate of drug-likeness (QED) is 0.786. The van der Waals surface area contributed by atoms with Crippen LogP contribution in [0, 0.1) is 0 Å². The molecular weight excluding hydrogens is 397 g/mol. The summed E-state index contributed by atoms with van der Waals surface area (Å²) >= 11 is 17.9. The monoisotopic (exact) mass is 407 g/mol. The summed E-state index contributed by atoms with van der Waals surface area (Å²) < 4.78 is 26.3. The third-order valence-electron chi connectivity index (χ3n) is 3.16. The number of sulfonamides is 1. The molecule has 0 bridgehead atoms. The molecule has 0 aliphatic rings. The number of aliphatic carboxylic acids is 1. The van der Waals surface area contributed by atoms with Crippen molar-refractivity contribution < 1.29 is 18.3 Å². The Balaban J connectivity index is 2.45. The largest absolute Gasteiger partial charge is 0.480 e. The first-order valence-electron chi connectivity index (χ1n) is 6.62. The van der Waals surface area contributed by atoms with E-state index in [1.807, 2.05) is 0 Å². The maximum absolute atomic E-state index is 12.7. The van der Waals surface area contributed by atoms with Gasteiger partial charge in [0.2, 0.25) is 10.0 Å². The molecule has 0 heterocycles. The number of carboxylic acids is 1. The highest BCUT2D eigenvalue weighted by Gasteiger charge is 2.28. The van der Waals surface area contributed by atoms with E-state index in [1.54, 1.807) is 18.2 Å². The molecule has 2 aromatic carbocycles. The van der Waals surface area contributed by atoms with Gasteiger partial charge < -0.3 is 5.11 Å². The molecule has 0 spiro atoms. The molecule has 0 saturated heterocycles.